The molecule has 152 valence electrons. The van der Waals surface area contributed by atoms with Crippen LogP contribution in [-0.4, -0.2) is 25.1 Å². The van der Waals surface area contributed by atoms with Crippen LogP contribution >= 0.6 is 0 Å². The third kappa shape index (κ3) is 4.41. The minimum atomic E-state index is -3.50. The van der Waals surface area contributed by atoms with Gasteiger partial charge in [0.1, 0.15) is 5.52 Å². The van der Waals surface area contributed by atoms with Crippen molar-refractivity contribution in [2.45, 2.75) is 18.2 Å². The van der Waals surface area contributed by atoms with Crippen LogP contribution in [0.3, 0.4) is 0 Å². The lowest BCUT2D eigenvalue weighted by molar-refractivity contribution is -0.115. The van der Waals surface area contributed by atoms with Crippen LogP contribution in [0.5, 0.6) is 0 Å². The molecule has 0 saturated carbocycles. The SMILES string of the molecule is Cc1ccc(S(=O)(=O)CCC(=O)Nc2ccc(-c3nc4ccccc4o3)cc2)cc1. The van der Waals surface area contributed by atoms with Gasteiger partial charge in [-0.1, -0.05) is 29.8 Å². The van der Waals surface area contributed by atoms with Crippen LogP contribution in [-0.2, 0) is 14.6 Å². The van der Waals surface area contributed by atoms with Crippen LogP contribution in [0.25, 0.3) is 22.6 Å². The largest absolute Gasteiger partial charge is 0.436 e. The molecule has 0 saturated heterocycles. The Morgan fingerprint density at radius 2 is 1.67 bits per heavy atom. The molecule has 0 unspecified atom stereocenters. The van der Waals surface area contributed by atoms with E-state index in [0.717, 1.165) is 16.6 Å². The van der Waals surface area contributed by atoms with Crippen molar-refractivity contribution in [3.8, 4) is 11.5 Å². The number of hydrogen-bond acceptors (Lipinski definition) is 5. The number of anilines is 1. The van der Waals surface area contributed by atoms with Gasteiger partial charge < -0.3 is 9.73 Å². The average Bonchev–Trinajstić information content (AvgIpc) is 3.17. The Morgan fingerprint density at radius 1 is 0.967 bits per heavy atom. The number of aromatic nitrogens is 1. The molecule has 0 aliphatic heterocycles. The molecule has 1 N–H and O–H groups in total. The second kappa shape index (κ2) is 8.12. The lowest BCUT2D eigenvalue weighted by atomic mass is 10.2. The molecule has 1 heterocycles. The maximum atomic E-state index is 12.4. The standard InChI is InChI=1S/C23H20N2O4S/c1-16-6-12-19(13-7-16)30(27,28)15-14-22(26)24-18-10-8-17(9-11-18)23-25-20-4-2-3-5-21(20)29-23/h2-13H,14-15H2,1H3,(H,24,26). The van der Waals surface area contributed by atoms with Gasteiger partial charge in [-0.2, -0.15) is 0 Å². The minimum Gasteiger partial charge on any atom is -0.436 e. The first-order valence-electron chi connectivity index (χ1n) is 9.46. The highest BCUT2D eigenvalue weighted by atomic mass is 32.2. The van der Waals surface area contributed by atoms with Crippen LogP contribution in [0.2, 0.25) is 0 Å². The van der Waals surface area contributed by atoms with E-state index >= 15 is 0 Å². The molecule has 0 bridgehead atoms. The van der Waals surface area contributed by atoms with Crippen molar-refractivity contribution in [1.29, 1.82) is 0 Å². The van der Waals surface area contributed by atoms with Gasteiger partial charge in [0.2, 0.25) is 11.8 Å². The molecule has 7 heteroatoms. The first-order valence-corrected chi connectivity index (χ1v) is 11.1. The van der Waals surface area contributed by atoms with Crippen molar-refractivity contribution in [2.24, 2.45) is 0 Å². The van der Waals surface area contributed by atoms with Gasteiger partial charge in [0.05, 0.1) is 10.6 Å². The summed E-state index contributed by atoms with van der Waals surface area (Å²) in [5, 5.41) is 2.73. The Morgan fingerprint density at radius 3 is 2.37 bits per heavy atom. The minimum absolute atomic E-state index is 0.122. The molecular formula is C23H20N2O4S. The van der Waals surface area contributed by atoms with E-state index in [4.69, 9.17) is 4.42 Å². The quantitative estimate of drug-likeness (QED) is 0.492. The molecule has 4 rings (SSSR count). The zero-order valence-electron chi connectivity index (χ0n) is 16.3. The van der Waals surface area contributed by atoms with Gasteiger partial charge in [-0.3, -0.25) is 4.79 Å². The third-order valence-corrected chi connectivity index (χ3v) is 6.42. The number of hydrogen-bond donors (Lipinski definition) is 1. The molecule has 0 fully saturated rings. The number of sulfone groups is 1. The fraction of sp³-hybridized carbons (Fsp3) is 0.130. The first-order chi connectivity index (χ1) is 14.4. The van der Waals surface area contributed by atoms with Crippen LogP contribution in [0.15, 0.2) is 82.1 Å². The topological polar surface area (TPSA) is 89.3 Å². The van der Waals surface area contributed by atoms with Crippen molar-refractivity contribution in [2.75, 3.05) is 11.1 Å². The number of para-hydroxylation sites is 2. The number of nitrogens with zero attached hydrogens (tertiary/aromatic N) is 1. The Hall–Kier alpha value is -3.45. The van der Waals surface area contributed by atoms with Gasteiger partial charge in [-0.05, 0) is 55.5 Å². The van der Waals surface area contributed by atoms with Crippen LogP contribution in [0.4, 0.5) is 5.69 Å². The van der Waals surface area contributed by atoms with E-state index in [-0.39, 0.29) is 23.0 Å². The number of oxazole rings is 1. The maximum Gasteiger partial charge on any atom is 0.227 e. The molecule has 6 nitrogen and oxygen atoms in total. The fourth-order valence-corrected chi connectivity index (χ4v) is 4.25. The molecule has 0 spiro atoms. The normalized spacial score (nSPS) is 11.5. The van der Waals surface area contributed by atoms with Gasteiger partial charge in [0.25, 0.3) is 0 Å². The van der Waals surface area contributed by atoms with Gasteiger partial charge in [-0.25, -0.2) is 13.4 Å². The summed E-state index contributed by atoms with van der Waals surface area (Å²) in [6.45, 7) is 1.89. The van der Waals surface area contributed by atoms with Crippen molar-refractivity contribution < 1.29 is 17.6 Å². The summed E-state index contributed by atoms with van der Waals surface area (Å²) in [5.41, 5.74) is 3.83. The second-order valence-corrected chi connectivity index (χ2v) is 9.10. The van der Waals surface area contributed by atoms with E-state index in [1.807, 2.05) is 31.2 Å². The number of amides is 1. The highest BCUT2D eigenvalue weighted by Gasteiger charge is 2.16. The Labute approximate surface area is 174 Å². The molecule has 0 aliphatic rings. The summed E-state index contributed by atoms with van der Waals surface area (Å²) >= 11 is 0. The summed E-state index contributed by atoms with van der Waals surface area (Å²) < 4.78 is 30.5. The van der Waals surface area contributed by atoms with Gasteiger partial charge in [0, 0.05) is 17.7 Å². The average molecular weight is 420 g/mol. The van der Waals surface area contributed by atoms with Gasteiger partial charge >= 0.3 is 0 Å². The third-order valence-electron chi connectivity index (χ3n) is 4.69. The summed E-state index contributed by atoms with van der Waals surface area (Å²) in [6, 6.07) is 21.2. The maximum absolute atomic E-state index is 12.4. The molecule has 0 atom stereocenters. The van der Waals surface area contributed by atoms with Crippen molar-refractivity contribution in [3.63, 3.8) is 0 Å². The van der Waals surface area contributed by atoms with E-state index < -0.39 is 9.84 Å². The lowest BCUT2D eigenvalue weighted by Gasteiger charge is -2.07. The predicted octanol–water partition coefficient (Wildman–Crippen LogP) is 4.61. The van der Waals surface area contributed by atoms with E-state index in [2.05, 4.69) is 10.3 Å². The van der Waals surface area contributed by atoms with Crippen LogP contribution in [0.1, 0.15) is 12.0 Å². The zero-order valence-corrected chi connectivity index (χ0v) is 17.1. The van der Waals surface area contributed by atoms with E-state index in [1.54, 1.807) is 48.5 Å². The lowest BCUT2D eigenvalue weighted by Crippen LogP contribution is -2.17. The van der Waals surface area contributed by atoms with E-state index in [1.165, 1.54) is 0 Å². The summed E-state index contributed by atoms with van der Waals surface area (Å²) in [6.07, 6.45) is -0.122. The number of rotatable bonds is 6. The van der Waals surface area contributed by atoms with Crippen molar-refractivity contribution >= 4 is 32.5 Å². The number of nitrogens with one attached hydrogen (secondary N) is 1. The first kappa shape index (κ1) is 19.8. The van der Waals surface area contributed by atoms with E-state index in [9.17, 15) is 13.2 Å². The summed E-state index contributed by atoms with van der Waals surface area (Å²) in [5.74, 6) is -0.110. The fourth-order valence-electron chi connectivity index (χ4n) is 3.01. The molecular weight excluding hydrogens is 400 g/mol. The number of carbonyl (C=O) groups is 1. The van der Waals surface area contributed by atoms with E-state index in [0.29, 0.717) is 17.2 Å². The number of carbonyl (C=O) groups excluding carboxylic acids is 1. The van der Waals surface area contributed by atoms with Crippen LogP contribution < -0.4 is 5.32 Å². The van der Waals surface area contributed by atoms with Crippen LogP contribution in [0, 0.1) is 6.92 Å². The molecule has 1 amide bonds. The molecule has 3 aromatic carbocycles. The monoisotopic (exact) mass is 420 g/mol. The van der Waals surface area contributed by atoms with Crippen molar-refractivity contribution in [1.82, 2.24) is 4.98 Å². The summed E-state index contributed by atoms with van der Waals surface area (Å²) in [7, 11) is -3.50. The van der Waals surface area contributed by atoms with Gasteiger partial charge in [0.15, 0.2) is 15.4 Å². The Bertz CT molecular complexity index is 1260. The highest BCUT2D eigenvalue weighted by molar-refractivity contribution is 7.91. The predicted molar refractivity (Wildman–Crippen MR) is 116 cm³/mol. The van der Waals surface area contributed by atoms with Crippen molar-refractivity contribution in [3.05, 3.63) is 78.4 Å². The number of aryl methyl sites for hydroxylation is 1. The number of fused-ring (bicyclic) bond motifs is 1. The molecule has 4 aromatic rings. The zero-order chi connectivity index (χ0) is 21.1. The Balaban J connectivity index is 1.38. The summed E-state index contributed by atoms with van der Waals surface area (Å²) in [4.78, 5) is 16.9. The smallest absolute Gasteiger partial charge is 0.227 e. The highest BCUT2D eigenvalue weighted by Crippen LogP contribution is 2.25. The molecule has 30 heavy (non-hydrogen) atoms. The van der Waals surface area contributed by atoms with Gasteiger partial charge in [-0.15, -0.1) is 0 Å². The molecule has 0 radical (unpaired) electrons. The molecule has 1 aromatic heterocycles. The second-order valence-electron chi connectivity index (χ2n) is 6.99. The Kier molecular flexibility index (Phi) is 5.37. The number of benzene rings is 3. The molecule has 0 aliphatic carbocycles.